The second-order valence-corrected chi connectivity index (χ2v) is 8.52. The van der Waals surface area contributed by atoms with Gasteiger partial charge in [-0.05, 0) is 42.9 Å². The number of hydrogen-bond acceptors (Lipinski definition) is 5. The fourth-order valence-electron chi connectivity index (χ4n) is 4.46. The molecule has 0 amide bonds. The Labute approximate surface area is 155 Å². The van der Waals surface area contributed by atoms with Gasteiger partial charge in [0.2, 0.25) is 5.95 Å². The number of nitrogens with zero attached hydrogens (tertiary/aromatic N) is 5. The van der Waals surface area contributed by atoms with Gasteiger partial charge in [-0.2, -0.15) is 0 Å². The van der Waals surface area contributed by atoms with Gasteiger partial charge >= 0.3 is 0 Å². The van der Waals surface area contributed by atoms with Crippen molar-refractivity contribution >= 4 is 44.4 Å². The van der Waals surface area contributed by atoms with E-state index in [9.17, 15) is 0 Å². The summed E-state index contributed by atoms with van der Waals surface area (Å²) >= 11 is 1.86. The van der Waals surface area contributed by atoms with E-state index in [2.05, 4.69) is 45.6 Å². The van der Waals surface area contributed by atoms with Crippen molar-refractivity contribution in [2.75, 3.05) is 11.4 Å². The maximum Gasteiger partial charge on any atom is 0.212 e. The van der Waals surface area contributed by atoms with E-state index in [0.29, 0.717) is 0 Å². The number of aromatic nitrogens is 4. The quantitative estimate of drug-likeness (QED) is 0.507. The van der Waals surface area contributed by atoms with Crippen LogP contribution < -0.4 is 4.90 Å². The average Bonchev–Trinajstić information content (AvgIpc) is 3.32. The minimum absolute atomic E-state index is 0.733. The molecule has 130 valence electrons. The largest absolute Gasteiger partial charge is 0.308 e. The predicted molar refractivity (Wildman–Crippen MR) is 105 cm³/mol. The first-order valence-corrected chi connectivity index (χ1v) is 10.1. The highest BCUT2D eigenvalue weighted by Crippen LogP contribution is 2.43. The fourth-order valence-corrected chi connectivity index (χ4v) is 5.64. The topological polar surface area (TPSA) is 46.8 Å². The molecule has 3 aromatic heterocycles. The van der Waals surface area contributed by atoms with Crippen LogP contribution in [0.1, 0.15) is 23.8 Å². The number of thiophene rings is 1. The Morgan fingerprint density at radius 2 is 2.08 bits per heavy atom. The molecule has 0 fully saturated rings. The zero-order valence-corrected chi connectivity index (χ0v) is 15.5. The van der Waals surface area contributed by atoms with Gasteiger partial charge in [0.05, 0.1) is 16.4 Å². The van der Waals surface area contributed by atoms with E-state index in [4.69, 9.17) is 9.97 Å². The van der Waals surface area contributed by atoms with E-state index >= 15 is 0 Å². The van der Waals surface area contributed by atoms with Gasteiger partial charge < -0.3 is 4.57 Å². The summed E-state index contributed by atoms with van der Waals surface area (Å²) in [5, 5.41) is 1.26. The average molecular weight is 361 g/mol. The van der Waals surface area contributed by atoms with Crippen LogP contribution in [-0.2, 0) is 19.4 Å². The molecule has 5 nitrogen and oxygen atoms in total. The van der Waals surface area contributed by atoms with Crippen LogP contribution in [0.3, 0.4) is 0 Å². The summed E-state index contributed by atoms with van der Waals surface area (Å²) in [5.74, 6) is 2.78. The Morgan fingerprint density at radius 3 is 3.04 bits per heavy atom. The molecule has 0 saturated heterocycles. The Balaban J connectivity index is 1.57. The SMILES string of the molecule is CC1CCc2sc3ncnc(N4CCn5c4nc4ccccc45)c3c2C1. The molecule has 0 spiro atoms. The van der Waals surface area contributed by atoms with Crippen LogP contribution in [0.25, 0.3) is 21.3 Å². The zero-order valence-electron chi connectivity index (χ0n) is 14.6. The summed E-state index contributed by atoms with van der Waals surface area (Å²) in [6.45, 7) is 4.22. The number of aryl methyl sites for hydroxylation is 1. The third-order valence-electron chi connectivity index (χ3n) is 5.75. The summed E-state index contributed by atoms with van der Waals surface area (Å²) in [6, 6.07) is 8.37. The van der Waals surface area contributed by atoms with Gasteiger partial charge in [0, 0.05) is 18.0 Å². The lowest BCUT2D eigenvalue weighted by molar-refractivity contribution is 0.508. The van der Waals surface area contributed by atoms with Crippen molar-refractivity contribution in [1.82, 2.24) is 19.5 Å². The van der Waals surface area contributed by atoms with Crippen LogP contribution in [0, 0.1) is 5.92 Å². The van der Waals surface area contributed by atoms with E-state index in [1.807, 2.05) is 11.3 Å². The monoisotopic (exact) mass is 361 g/mol. The number of fused-ring (bicyclic) bond motifs is 6. The van der Waals surface area contributed by atoms with Crippen molar-refractivity contribution in [2.45, 2.75) is 32.7 Å². The van der Waals surface area contributed by atoms with E-state index in [1.54, 1.807) is 6.33 Å². The van der Waals surface area contributed by atoms with Crippen molar-refractivity contribution in [3.05, 3.63) is 41.0 Å². The normalized spacial score (nSPS) is 19.3. The minimum atomic E-state index is 0.733. The van der Waals surface area contributed by atoms with Crippen LogP contribution in [-0.4, -0.2) is 26.1 Å². The fraction of sp³-hybridized carbons (Fsp3) is 0.350. The van der Waals surface area contributed by atoms with E-state index in [1.165, 1.54) is 34.2 Å². The summed E-state index contributed by atoms with van der Waals surface area (Å²) in [5.41, 5.74) is 3.74. The molecule has 6 rings (SSSR count). The van der Waals surface area contributed by atoms with Gasteiger partial charge in [-0.15, -0.1) is 11.3 Å². The molecule has 1 aliphatic heterocycles. The smallest absolute Gasteiger partial charge is 0.212 e. The van der Waals surface area contributed by atoms with Crippen molar-refractivity contribution in [3.63, 3.8) is 0 Å². The van der Waals surface area contributed by atoms with Gasteiger partial charge in [0.1, 0.15) is 17.0 Å². The summed E-state index contributed by atoms with van der Waals surface area (Å²) in [4.78, 5) is 19.2. The molecular formula is C20H19N5S. The van der Waals surface area contributed by atoms with E-state index in [0.717, 1.165) is 47.5 Å². The molecule has 0 N–H and O–H groups in total. The molecule has 4 aromatic rings. The molecule has 26 heavy (non-hydrogen) atoms. The van der Waals surface area contributed by atoms with Crippen LogP contribution in [0.15, 0.2) is 30.6 Å². The number of para-hydroxylation sites is 2. The molecule has 4 heterocycles. The summed E-state index contributed by atoms with van der Waals surface area (Å²) in [6.07, 6.45) is 5.31. The number of anilines is 2. The Hall–Kier alpha value is -2.47. The van der Waals surface area contributed by atoms with Gasteiger partial charge in [-0.3, -0.25) is 4.90 Å². The molecule has 0 radical (unpaired) electrons. The van der Waals surface area contributed by atoms with Gasteiger partial charge in [-0.25, -0.2) is 15.0 Å². The molecule has 0 bridgehead atoms. The van der Waals surface area contributed by atoms with Crippen molar-refractivity contribution < 1.29 is 0 Å². The van der Waals surface area contributed by atoms with Gasteiger partial charge in [0.25, 0.3) is 0 Å². The Bertz CT molecular complexity index is 1160. The molecular weight excluding hydrogens is 342 g/mol. The third-order valence-corrected chi connectivity index (χ3v) is 6.95. The first kappa shape index (κ1) is 14.7. The zero-order chi connectivity index (χ0) is 17.3. The highest BCUT2D eigenvalue weighted by Gasteiger charge is 2.30. The molecule has 0 saturated carbocycles. The minimum Gasteiger partial charge on any atom is -0.308 e. The van der Waals surface area contributed by atoms with Crippen molar-refractivity contribution in [3.8, 4) is 0 Å². The lowest BCUT2D eigenvalue weighted by Gasteiger charge is -2.20. The molecule has 2 aliphatic rings. The molecule has 6 heteroatoms. The summed E-state index contributed by atoms with van der Waals surface area (Å²) < 4.78 is 2.31. The number of rotatable bonds is 1. The molecule has 1 aliphatic carbocycles. The van der Waals surface area contributed by atoms with E-state index < -0.39 is 0 Å². The third kappa shape index (κ3) is 1.93. The predicted octanol–water partition coefficient (Wildman–Crippen LogP) is 4.32. The van der Waals surface area contributed by atoms with Gasteiger partial charge in [0.15, 0.2) is 0 Å². The number of imidazole rings is 1. The Morgan fingerprint density at radius 1 is 1.15 bits per heavy atom. The second-order valence-electron chi connectivity index (χ2n) is 7.43. The lowest BCUT2D eigenvalue weighted by atomic mass is 9.88. The lowest BCUT2D eigenvalue weighted by Crippen LogP contribution is -2.17. The maximum absolute atomic E-state index is 4.90. The first-order valence-electron chi connectivity index (χ1n) is 9.27. The van der Waals surface area contributed by atoms with Crippen LogP contribution >= 0.6 is 11.3 Å². The second kappa shape index (κ2) is 5.27. The maximum atomic E-state index is 4.90. The molecule has 1 unspecified atom stereocenters. The highest BCUT2D eigenvalue weighted by atomic mass is 32.1. The van der Waals surface area contributed by atoms with E-state index in [-0.39, 0.29) is 0 Å². The summed E-state index contributed by atoms with van der Waals surface area (Å²) in [7, 11) is 0. The highest BCUT2D eigenvalue weighted by molar-refractivity contribution is 7.19. The van der Waals surface area contributed by atoms with Crippen LogP contribution in [0.2, 0.25) is 0 Å². The first-order chi connectivity index (χ1) is 12.8. The van der Waals surface area contributed by atoms with Crippen LogP contribution in [0.5, 0.6) is 0 Å². The van der Waals surface area contributed by atoms with Crippen molar-refractivity contribution in [2.24, 2.45) is 5.92 Å². The van der Waals surface area contributed by atoms with Gasteiger partial charge in [-0.1, -0.05) is 19.1 Å². The number of hydrogen-bond donors (Lipinski definition) is 0. The molecule has 1 atom stereocenters. The molecule has 1 aromatic carbocycles. The van der Waals surface area contributed by atoms with Crippen LogP contribution in [0.4, 0.5) is 11.8 Å². The number of benzene rings is 1. The Kier molecular flexibility index (Phi) is 2.97. The van der Waals surface area contributed by atoms with Crippen molar-refractivity contribution in [1.29, 1.82) is 0 Å². The standard InChI is InChI=1S/C20H19N5S/c1-12-6-7-16-13(10-12)17-18(21-11-22-19(17)26-16)25-9-8-24-15-5-3-2-4-14(15)23-20(24)25/h2-5,11-12H,6-10H2,1H3.